The fourth-order valence-corrected chi connectivity index (χ4v) is 3.01. The maximum atomic E-state index is 9.30. The number of fused-ring (bicyclic) bond motifs is 1. The summed E-state index contributed by atoms with van der Waals surface area (Å²) in [4.78, 5) is 47.1. The number of imidazole rings is 1. The van der Waals surface area contributed by atoms with Crippen molar-refractivity contribution in [1.82, 2.24) is 19.4 Å². The van der Waals surface area contributed by atoms with Gasteiger partial charge in [-0.2, -0.15) is 0 Å². The molecule has 0 saturated carbocycles. The molecule has 1 aliphatic heterocycles. The number of aliphatic hydroxyl groups excluding tert-OH is 1. The maximum absolute atomic E-state index is 9.30. The number of nitrogens with one attached hydrogen (secondary N) is 1. The van der Waals surface area contributed by atoms with Gasteiger partial charge in [-0.3, -0.25) is 9.47 Å². The van der Waals surface area contributed by atoms with Crippen molar-refractivity contribution in [1.29, 1.82) is 0 Å². The van der Waals surface area contributed by atoms with Crippen LogP contribution in [0.2, 0.25) is 0 Å². The molecular formula is C20H23N5O9-4. The summed E-state index contributed by atoms with van der Waals surface area (Å²) in [5.41, 5.74) is 1.69. The number of anilines is 1. The van der Waals surface area contributed by atoms with Crippen molar-refractivity contribution in [3.63, 3.8) is 0 Å². The highest BCUT2D eigenvalue weighted by Crippen LogP contribution is 2.20. The number of aromatic nitrogens is 3. The maximum Gasteiger partial charge on any atom is 0.205 e. The zero-order valence-electron chi connectivity index (χ0n) is 18.0. The quantitative estimate of drug-likeness (QED) is 0.292. The van der Waals surface area contributed by atoms with Crippen molar-refractivity contribution in [3.05, 3.63) is 31.0 Å². The van der Waals surface area contributed by atoms with Crippen molar-refractivity contribution in [3.8, 4) is 0 Å². The van der Waals surface area contributed by atoms with E-state index in [0.717, 1.165) is 49.6 Å². The summed E-state index contributed by atoms with van der Waals surface area (Å²) in [5, 5.41) is 48.5. The zero-order valence-corrected chi connectivity index (χ0v) is 18.0. The number of carbonyl (C=O) groups excluding carboxylic acids is 4. The highest BCUT2D eigenvalue weighted by Gasteiger charge is 2.20. The molecule has 0 atom stereocenters. The Morgan fingerprint density at radius 2 is 1.65 bits per heavy atom. The van der Waals surface area contributed by atoms with Gasteiger partial charge < -0.3 is 50.0 Å². The van der Waals surface area contributed by atoms with Crippen LogP contribution in [0.25, 0.3) is 11.2 Å². The molecule has 1 aliphatic rings. The number of carboxylic acids is 4. The van der Waals surface area contributed by atoms with E-state index in [4.69, 9.17) is 39.6 Å². The van der Waals surface area contributed by atoms with Crippen molar-refractivity contribution in [2.45, 2.75) is 25.4 Å². The molecule has 0 bridgehead atoms. The van der Waals surface area contributed by atoms with Crippen LogP contribution in [0, 0.1) is 0 Å². The predicted octanol–water partition coefficient (Wildman–Crippen LogP) is -5.54. The summed E-state index contributed by atoms with van der Waals surface area (Å²) in [6.07, 6.45) is 5.89. The number of carbonyl (C=O) groups is 4. The third-order valence-corrected chi connectivity index (χ3v) is 4.47. The van der Waals surface area contributed by atoms with Gasteiger partial charge in [0.1, 0.15) is 5.52 Å². The van der Waals surface area contributed by atoms with E-state index in [1.165, 1.54) is 0 Å². The molecule has 34 heavy (non-hydrogen) atoms. The predicted molar refractivity (Wildman–Crippen MR) is 108 cm³/mol. The molecule has 0 unspecified atom stereocenters. The van der Waals surface area contributed by atoms with Crippen LogP contribution in [0.5, 0.6) is 0 Å². The molecule has 0 aromatic carbocycles. The summed E-state index contributed by atoms with van der Waals surface area (Å²) in [7, 11) is 0. The number of aliphatic carboxylic acids is 4. The minimum absolute atomic E-state index is 0.0779. The largest absolute Gasteiger partial charge is 0.543 e. The van der Waals surface area contributed by atoms with E-state index in [1.54, 1.807) is 6.20 Å². The van der Waals surface area contributed by atoms with Gasteiger partial charge in [0.05, 0.1) is 37.0 Å². The summed E-state index contributed by atoms with van der Waals surface area (Å²) in [6, 6.07) is 4.25. The van der Waals surface area contributed by atoms with Crippen LogP contribution in [0.3, 0.4) is 0 Å². The smallest absolute Gasteiger partial charge is 0.205 e. The number of aliphatic hydroxyl groups is 1. The van der Waals surface area contributed by atoms with Gasteiger partial charge in [-0.1, -0.05) is 6.08 Å². The van der Waals surface area contributed by atoms with E-state index in [-0.39, 0.29) is 6.61 Å². The van der Waals surface area contributed by atoms with Crippen LogP contribution in [0.15, 0.2) is 31.0 Å². The third kappa shape index (κ3) is 9.22. The van der Waals surface area contributed by atoms with Crippen LogP contribution in [0.4, 0.5) is 5.95 Å². The van der Waals surface area contributed by atoms with Gasteiger partial charge in [0.2, 0.25) is 5.95 Å². The topological polar surface area (TPSA) is 227 Å². The van der Waals surface area contributed by atoms with Crippen molar-refractivity contribution in [2.75, 3.05) is 31.6 Å². The van der Waals surface area contributed by atoms with Gasteiger partial charge in [-0.15, -0.1) is 6.58 Å². The summed E-state index contributed by atoms with van der Waals surface area (Å²) in [6.45, 7) is 7.48. The number of hydrogen-bond donors (Lipinski definition) is 2. The summed E-state index contributed by atoms with van der Waals surface area (Å²) in [5.74, 6) is -7.93. The first-order chi connectivity index (χ1) is 16.1. The molecule has 3 heterocycles. The SMILES string of the molecule is C=CCN1CCC(Nc2nc3cccnc3n2CCO)CC1.O=C([O-])C(=O)[O-].O=C([O-])C(=O)[O-]. The molecule has 0 amide bonds. The Labute approximate surface area is 193 Å². The van der Waals surface area contributed by atoms with E-state index in [2.05, 4.69) is 26.8 Å². The van der Waals surface area contributed by atoms with E-state index in [1.807, 2.05) is 22.8 Å². The van der Waals surface area contributed by atoms with Crippen molar-refractivity contribution < 1.29 is 44.7 Å². The minimum atomic E-state index is -2.19. The fraction of sp³-hybridized carbons (Fsp3) is 0.400. The number of likely N-dealkylation sites (tertiary alicyclic amines) is 1. The number of hydrogen-bond acceptors (Lipinski definition) is 13. The normalized spacial score (nSPS) is 13.6. The molecule has 2 aromatic rings. The van der Waals surface area contributed by atoms with Gasteiger partial charge >= 0.3 is 0 Å². The van der Waals surface area contributed by atoms with Gasteiger partial charge in [0, 0.05) is 31.9 Å². The Kier molecular flexibility index (Phi) is 11.7. The van der Waals surface area contributed by atoms with E-state index < -0.39 is 23.9 Å². The lowest BCUT2D eigenvalue weighted by molar-refractivity contribution is -0.345. The van der Waals surface area contributed by atoms with Crippen molar-refractivity contribution in [2.24, 2.45) is 0 Å². The van der Waals surface area contributed by atoms with Gasteiger partial charge in [0.25, 0.3) is 0 Å². The first kappa shape index (κ1) is 28.0. The molecule has 0 aliphatic carbocycles. The molecule has 3 rings (SSSR count). The highest BCUT2D eigenvalue weighted by molar-refractivity contribution is 6.25. The number of piperidine rings is 1. The molecule has 2 aromatic heterocycles. The second-order valence-corrected chi connectivity index (χ2v) is 6.81. The molecule has 1 saturated heterocycles. The molecule has 0 radical (unpaired) electrons. The number of nitrogens with zero attached hydrogens (tertiary/aromatic N) is 4. The van der Waals surface area contributed by atoms with Gasteiger partial charge in [-0.05, 0) is 25.0 Å². The summed E-state index contributed by atoms with van der Waals surface area (Å²) < 4.78 is 1.96. The highest BCUT2D eigenvalue weighted by atomic mass is 16.4. The Hall–Kier alpha value is -4.04. The number of carboxylic acid groups (broad SMARTS) is 4. The Balaban J connectivity index is 0.000000401. The molecule has 14 nitrogen and oxygen atoms in total. The Morgan fingerprint density at radius 1 is 1.09 bits per heavy atom. The van der Waals surface area contributed by atoms with Crippen LogP contribution >= 0.6 is 0 Å². The molecule has 0 spiro atoms. The lowest BCUT2D eigenvalue weighted by Gasteiger charge is -2.31. The molecule has 14 heteroatoms. The Bertz CT molecular complexity index is 951. The molecule has 1 fully saturated rings. The zero-order chi connectivity index (χ0) is 25.7. The lowest BCUT2D eigenvalue weighted by Crippen LogP contribution is -2.42. The van der Waals surface area contributed by atoms with Crippen LogP contribution in [0.1, 0.15) is 12.8 Å². The lowest BCUT2D eigenvalue weighted by atomic mass is 10.1. The van der Waals surface area contributed by atoms with Crippen LogP contribution in [-0.4, -0.2) is 80.7 Å². The standard InChI is InChI=1S/C16H23N5O.2C2H2O4/c1-2-8-20-9-5-13(6-10-20)18-16-19-14-4-3-7-17-15(14)21(16)11-12-22;2*3-1(4)2(5)6/h2-4,7,13,22H,1,5-6,8-12H2,(H,18,19);2*(H,3,4)(H,5,6)/p-4. The molecule has 186 valence electrons. The van der Waals surface area contributed by atoms with Crippen LogP contribution in [-0.2, 0) is 25.7 Å². The molecule has 2 N–H and O–H groups in total. The van der Waals surface area contributed by atoms with Crippen molar-refractivity contribution >= 4 is 41.0 Å². The minimum Gasteiger partial charge on any atom is -0.543 e. The van der Waals surface area contributed by atoms with E-state index in [0.29, 0.717) is 12.6 Å². The average Bonchev–Trinajstić information content (AvgIpc) is 3.13. The average molecular weight is 477 g/mol. The third-order valence-electron chi connectivity index (χ3n) is 4.47. The second kappa shape index (κ2) is 14.2. The first-order valence-corrected chi connectivity index (χ1v) is 9.97. The molecular weight excluding hydrogens is 454 g/mol. The van der Waals surface area contributed by atoms with E-state index in [9.17, 15) is 5.11 Å². The van der Waals surface area contributed by atoms with Gasteiger partial charge in [-0.25, -0.2) is 9.97 Å². The second-order valence-electron chi connectivity index (χ2n) is 6.81. The summed E-state index contributed by atoms with van der Waals surface area (Å²) >= 11 is 0. The number of rotatable bonds is 6. The Morgan fingerprint density at radius 3 is 2.12 bits per heavy atom. The fourth-order valence-electron chi connectivity index (χ4n) is 3.01. The van der Waals surface area contributed by atoms with Crippen LogP contribution < -0.4 is 25.7 Å². The monoisotopic (exact) mass is 477 g/mol. The van der Waals surface area contributed by atoms with Gasteiger partial charge in [0.15, 0.2) is 5.65 Å². The first-order valence-electron chi connectivity index (χ1n) is 9.97. The van der Waals surface area contributed by atoms with E-state index >= 15 is 0 Å². The number of pyridine rings is 1.